The Bertz CT molecular complexity index is 440. The fourth-order valence-corrected chi connectivity index (χ4v) is 1.55. The van der Waals surface area contributed by atoms with Crippen LogP contribution < -0.4 is 14.2 Å². The van der Waals surface area contributed by atoms with E-state index in [1.54, 1.807) is 25.1 Å². The van der Waals surface area contributed by atoms with Crippen LogP contribution in [0.25, 0.3) is 6.08 Å². The van der Waals surface area contributed by atoms with Crippen LogP contribution in [0.2, 0.25) is 0 Å². The first-order chi connectivity index (χ1) is 9.15. The predicted octanol–water partition coefficient (Wildman–Crippen LogP) is 2.29. The molecule has 5 nitrogen and oxygen atoms in total. The van der Waals surface area contributed by atoms with E-state index in [1.165, 1.54) is 27.4 Å². The minimum absolute atomic E-state index is 0.346. The summed E-state index contributed by atoms with van der Waals surface area (Å²) in [5.41, 5.74) is 0.752. The summed E-state index contributed by atoms with van der Waals surface area (Å²) in [6.07, 6.45) is 2.98. The molecule has 0 aromatic heterocycles. The molecule has 0 aliphatic heterocycles. The fraction of sp³-hybridized carbons (Fsp3) is 0.357. The van der Waals surface area contributed by atoms with Crippen LogP contribution >= 0.6 is 0 Å². The highest BCUT2D eigenvalue weighted by Gasteiger charge is 2.12. The quantitative estimate of drug-likeness (QED) is 0.584. The molecule has 104 valence electrons. The average Bonchev–Trinajstić information content (AvgIpc) is 2.44. The van der Waals surface area contributed by atoms with Crippen LogP contribution in [-0.4, -0.2) is 33.9 Å². The van der Waals surface area contributed by atoms with Crippen molar-refractivity contribution in [2.45, 2.75) is 6.92 Å². The van der Waals surface area contributed by atoms with E-state index < -0.39 is 5.97 Å². The first kappa shape index (κ1) is 14.9. The largest absolute Gasteiger partial charge is 0.493 e. The van der Waals surface area contributed by atoms with Gasteiger partial charge in [0.2, 0.25) is 5.75 Å². The Balaban J connectivity index is 3.06. The molecule has 1 aromatic rings. The summed E-state index contributed by atoms with van der Waals surface area (Å²) in [4.78, 5) is 11.3. The number of hydrogen-bond acceptors (Lipinski definition) is 5. The van der Waals surface area contributed by atoms with Crippen molar-refractivity contribution in [2.24, 2.45) is 0 Å². The Morgan fingerprint density at radius 1 is 1.11 bits per heavy atom. The predicted molar refractivity (Wildman–Crippen MR) is 71.8 cm³/mol. The van der Waals surface area contributed by atoms with E-state index >= 15 is 0 Å². The lowest BCUT2D eigenvalue weighted by Gasteiger charge is -2.12. The summed E-state index contributed by atoms with van der Waals surface area (Å²) >= 11 is 0. The Hall–Kier alpha value is -2.17. The minimum atomic E-state index is -0.392. The van der Waals surface area contributed by atoms with E-state index in [4.69, 9.17) is 18.9 Å². The van der Waals surface area contributed by atoms with Crippen LogP contribution in [0.3, 0.4) is 0 Å². The van der Waals surface area contributed by atoms with E-state index in [0.717, 1.165) is 5.56 Å². The molecular weight excluding hydrogens is 248 g/mol. The zero-order valence-corrected chi connectivity index (χ0v) is 11.6. The van der Waals surface area contributed by atoms with Gasteiger partial charge in [-0.3, -0.25) is 0 Å². The normalized spacial score (nSPS) is 10.3. The van der Waals surface area contributed by atoms with Crippen molar-refractivity contribution in [1.29, 1.82) is 0 Å². The van der Waals surface area contributed by atoms with Crippen molar-refractivity contribution in [3.63, 3.8) is 0 Å². The number of benzene rings is 1. The van der Waals surface area contributed by atoms with Crippen molar-refractivity contribution in [1.82, 2.24) is 0 Å². The zero-order chi connectivity index (χ0) is 14.3. The summed E-state index contributed by atoms with van der Waals surface area (Å²) in [6.45, 7) is 2.10. The number of carbonyl (C=O) groups is 1. The third kappa shape index (κ3) is 3.91. The van der Waals surface area contributed by atoms with Crippen molar-refractivity contribution in [3.8, 4) is 17.2 Å². The van der Waals surface area contributed by atoms with Crippen molar-refractivity contribution < 1.29 is 23.7 Å². The molecule has 0 aliphatic carbocycles. The van der Waals surface area contributed by atoms with Gasteiger partial charge in [-0.15, -0.1) is 0 Å². The summed E-state index contributed by atoms with van der Waals surface area (Å²) < 4.78 is 20.5. The fourth-order valence-electron chi connectivity index (χ4n) is 1.55. The highest BCUT2D eigenvalue weighted by atomic mass is 16.5. The molecule has 0 spiro atoms. The van der Waals surface area contributed by atoms with E-state index in [1.807, 2.05) is 0 Å². The highest BCUT2D eigenvalue weighted by molar-refractivity contribution is 5.87. The number of esters is 1. The smallest absolute Gasteiger partial charge is 0.330 e. The number of ether oxygens (including phenoxy) is 4. The van der Waals surface area contributed by atoms with Crippen LogP contribution in [0.5, 0.6) is 17.2 Å². The van der Waals surface area contributed by atoms with Gasteiger partial charge in [-0.1, -0.05) is 0 Å². The summed E-state index contributed by atoms with van der Waals surface area (Å²) in [7, 11) is 4.61. The summed E-state index contributed by atoms with van der Waals surface area (Å²) in [6, 6.07) is 3.49. The Morgan fingerprint density at radius 3 is 2.11 bits per heavy atom. The molecule has 1 rings (SSSR count). The zero-order valence-electron chi connectivity index (χ0n) is 11.6. The Labute approximate surface area is 112 Å². The van der Waals surface area contributed by atoms with E-state index in [-0.39, 0.29) is 0 Å². The maximum absolute atomic E-state index is 11.3. The molecule has 0 unspecified atom stereocenters. The molecule has 0 N–H and O–H groups in total. The highest BCUT2D eigenvalue weighted by Crippen LogP contribution is 2.38. The van der Waals surface area contributed by atoms with Gasteiger partial charge in [0.1, 0.15) is 0 Å². The molecule has 0 amide bonds. The van der Waals surface area contributed by atoms with Crippen LogP contribution in [0.1, 0.15) is 12.5 Å². The van der Waals surface area contributed by atoms with E-state index in [2.05, 4.69) is 0 Å². The van der Waals surface area contributed by atoms with Crippen molar-refractivity contribution >= 4 is 12.0 Å². The van der Waals surface area contributed by atoms with Gasteiger partial charge < -0.3 is 18.9 Å². The Kier molecular flexibility index (Phi) is 5.73. The third-order valence-corrected chi connectivity index (χ3v) is 2.39. The molecule has 0 heterocycles. The molecule has 1 aromatic carbocycles. The van der Waals surface area contributed by atoms with Crippen LogP contribution in [0.4, 0.5) is 0 Å². The molecule has 0 aliphatic rings. The van der Waals surface area contributed by atoms with E-state index in [9.17, 15) is 4.79 Å². The number of carbonyl (C=O) groups excluding carboxylic acids is 1. The molecule has 0 saturated carbocycles. The molecule has 0 saturated heterocycles. The lowest BCUT2D eigenvalue weighted by Crippen LogP contribution is -1.99. The summed E-state index contributed by atoms with van der Waals surface area (Å²) in [5.74, 6) is 1.19. The van der Waals surface area contributed by atoms with Gasteiger partial charge in [-0.2, -0.15) is 0 Å². The number of methoxy groups -OCH3 is 3. The van der Waals surface area contributed by atoms with Gasteiger partial charge in [0.25, 0.3) is 0 Å². The second-order valence-corrected chi connectivity index (χ2v) is 3.54. The van der Waals surface area contributed by atoms with Gasteiger partial charge in [0.05, 0.1) is 27.9 Å². The molecule has 0 bridgehead atoms. The maximum Gasteiger partial charge on any atom is 0.330 e. The SMILES string of the molecule is CCOC(=O)/C=C\c1cc(OC)c(OC)c(OC)c1. The molecule has 0 atom stereocenters. The first-order valence-electron chi connectivity index (χ1n) is 5.81. The lowest BCUT2D eigenvalue weighted by atomic mass is 10.1. The van der Waals surface area contributed by atoms with Crippen LogP contribution in [0.15, 0.2) is 18.2 Å². The third-order valence-electron chi connectivity index (χ3n) is 2.39. The molecule has 19 heavy (non-hydrogen) atoms. The maximum atomic E-state index is 11.3. The van der Waals surface area contributed by atoms with E-state index in [0.29, 0.717) is 23.9 Å². The number of hydrogen-bond donors (Lipinski definition) is 0. The van der Waals surface area contributed by atoms with Crippen LogP contribution in [0, 0.1) is 0 Å². The lowest BCUT2D eigenvalue weighted by molar-refractivity contribution is -0.137. The molecular formula is C14H18O5. The second kappa shape index (κ2) is 7.31. The average molecular weight is 266 g/mol. The van der Waals surface area contributed by atoms with Gasteiger partial charge in [0, 0.05) is 6.08 Å². The van der Waals surface area contributed by atoms with Gasteiger partial charge in [-0.25, -0.2) is 4.79 Å². The number of rotatable bonds is 6. The molecule has 5 heteroatoms. The molecule has 0 radical (unpaired) electrons. The minimum Gasteiger partial charge on any atom is -0.493 e. The van der Waals surface area contributed by atoms with Crippen molar-refractivity contribution in [3.05, 3.63) is 23.8 Å². The van der Waals surface area contributed by atoms with Crippen molar-refractivity contribution in [2.75, 3.05) is 27.9 Å². The first-order valence-corrected chi connectivity index (χ1v) is 5.81. The second-order valence-electron chi connectivity index (χ2n) is 3.54. The topological polar surface area (TPSA) is 54.0 Å². The summed E-state index contributed by atoms with van der Waals surface area (Å²) in [5, 5.41) is 0. The Morgan fingerprint density at radius 2 is 1.68 bits per heavy atom. The van der Waals surface area contributed by atoms with Crippen LogP contribution in [-0.2, 0) is 9.53 Å². The molecule has 0 fully saturated rings. The van der Waals surface area contributed by atoms with Gasteiger partial charge in [-0.05, 0) is 30.7 Å². The van der Waals surface area contributed by atoms with Gasteiger partial charge in [0.15, 0.2) is 11.5 Å². The monoisotopic (exact) mass is 266 g/mol. The standard InChI is InChI=1S/C14H18O5/c1-5-19-13(15)7-6-10-8-11(16-2)14(18-4)12(9-10)17-3/h6-9H,5H2,1-4H3/b7-6-. The van der Waals surface area contributed by atoms with Gasteiger partial charge >= 0.3 is 5.97 Å².